The van der Waals surface area contributed by atoms with E-state index in [1.165, 1.54) is 11.1 Å². The van der Waals surface area contributed by atoms with Crippen LogP contribution in [0.25, 0.3) is 0 Å². The fraction of sp³-hybridized carbons (Fsp3) is 0.600. The number of carbonyl (C=O) groups excluding carboxylic acids is 1. The predicted molar refractivity (Wildman–Crippen MR) is 94.0 cm³/mol. The minimum Gasteiger partial charge on any atom is -0.481 e. The Bertz CT molecular complexity index is 695. The van der Waals surface area contributed by atoms with Crippen molar-refractivity contribution in [2.75, 3.05) is 13.1 Å². The van der Waals surface area contributed by atoms with Gasteiger partial charge in [-0.05, 0) is 43.2 Å². The van der Waals surface area contributed by atoms with E-state index in [1.807, 2.05) is 0 Å². The van der Waals surface area contributed by atoms with Gasteiger partial charge >= 0.3 is 5.97 Å². The predicted octanol–water partition coefficient (Wildman–Crippen LogP) is 2.19. The molecule has 3 saturated carbocycles. The number of benzene rings is 1. The number of hydrogen-bond donors (Lipinski definition) is 2. The normalized spacial score (nSPS) is 31.2. The van der Waals surface area contributed by atoms with Crippen LogP contribution in [0.5, 0.6) is 0 Å². The summed E-state index contributed by atoms with van der Waals surface area (Å²) in [6.45, 7) is 4.79. The molecule has 134 valence electrons. The van der Waals surface area contributed by atoms with Gasteiger partial charge in [-0.2, -0.15) is 0 Å². The van der Waals surface area contributed by atoms with Gasteiger partial charge in [0.05, 0.1) is 10.8 Å². The van der Waals surface area contributed by atoms with Crippen molar-refractivity contribution in [2.45, 2.75) is 51.6 Å². The summed E-state index contributed by atoms with van der Waals surface area (Å²) in [6, 6.07) is 8.92. The maximum Gasteiger partial charge on any atom is 0.309 e. The molecule has 5 rings (SSSR count). The molecule has 1 atom stereocenters. The van der Waals surface area contributed by atoms with Gasteiger partial charge in [-0.25, -0.2) is 0 Å². The lowest BCUT2D eigenvalue weighted by molar-refractivity contribution is -0.220. The first-order chi connectivity index (χ1) is 12.0. The minimum absolute atomic E-state index is 0.0616. The van der Waals surface area contributed by atoms with Gasteiger partial charge in [0.1, 0.15) is 0 Å². The molecule has 0 spiro atoms. The summed E-state index contributed by atoms with van der Waals surface area (Å²) in [4.78, 5) is 26.2. The molecule has 1 unspecified atom stereocenters. The monoisotopic (exact) mass is 342 g/mol. The Morgan fingerprint density at radius 2 is 1.88 bits per heavy atom. The molecule has 3 aliphatic carbocycles. The van der Waals surface area contributed by atoms with E-state index >= 15 is 0 Å². The van der Waals surface area contributed by atoms with Crippen molar-refractivity contribution < 1.29 is 14.7 Å². The molecule has 2 N–H and O–H groups in total. The van der Waals surface area contributed by atoms with Crippen LogP contribution in [0.15, 0.2) is 24.3 Å². The molecule has 4 aliphatic rings. The van der Waals surface area contributed by atoms with E-state index in [-0.39, 0.29) is 11.3 Å². The molecule has 0 saturated heterocycles. The Morgan fingerprint density at radius 1 is 1.20 bits per heavy atom. The van der Waals surface area contributed by atoms with Crippen LogP contribution in [0.4, 0.5) is 0 Å². The SMILES string of the molecule is CCC(CNC(=O)C12CC(C(=O)O)(C1)C2)N1CCc2ccccc2C1. The van der Waals surface area contributed by atoms with Crippen LogP contribution < -0.4 is 5.32 Å². The van der Waals surface area contributed by atoms with Gasteiger partial charge < -0.3 is 10.4 Å². The number of nitrogens with one attached hydrogen (secondary N) is 1. The standard InChI is InChI=1S/C20H26N2O3/c1-2-16(22-8-7-14-5-3-4-6-15(14)10-22)9-21-17(23)19-11-20(12-19,13-19)18(24)25/h3-6,16H,2,7-13H2,1H3,(H,21,23)(H,24,25). The molecule has 1 aliphatic heterocycles. The zero-order valence-corrected chi connectivity index (χ0v) is 14.8. The first-order valence-corrected chi connectivity index (χ1v) is 9.31. The molecule has 1 aromatic rings. The van der Waals surface area contributed by atoms with Gasteiger partial charge in [-0.15, -0.1) is 0 Å². The lowest BCUT2D eigenvalue weighted by Gasteiger charge is -2.66. The number of carboxylic acids is 1. The van der Waals surface area contributed by atoms with E-state index < -0.39 is 11.4 Å². The molecular weight excluding hydrogens is 316 g/mol. The Morgan fingerprint density at radius 3 is 2.52 bits per heavy atom. The van der Waals surface area contributed by atoms with E-state index in [4.69, 9.17) is 0 Å². The molecule has 0 radical (unpaired) electrons. The Kier molecular flexibility index (Phi) is 3.87. The van der Waals surface area contributed by atoms with Crippen LogP contribution in [0.1, 0.15) is 43.7 Å². The Labute approximate surface area is 148 Å². The van der Waals surface area contributed by atoms with Crippen molar-refractivity contribution in [1.29, 1.82) is 0 Å². The zero-order chi connectivity index (χ0) is 17.7. The summed E-state index contributed by atoms with van der Waals surface area (Å²) in [5, 5.41) is 12.3. The first-order valence-electron chi connectivity index (χ1n) is 9.31. The van der Waals surface area contributed by atoms with E-state index in [9.17, 15) is 14.7 Å². The smallest absolute Gasteiger partial charge is 0.309 e. The van der Waals surface area contributed by atoms with E-state index in [0.717, 1.165) is 25.9 Å². The lowest BCUT2D eigenvalue weighted by Crippen LogP contribution is -2.70. The summed E-state index contributed by atoms with van der Waals surface area (Å²) in [7, 11) is 0. The second-order valence-corrected chi connectivity index (χ2v) is 8.16. The second-order valence-electron chi connectivity index (χ2n) is 8.16. The third-order valence-corrected chi connectivity index (χ3v) is 6.61. The molecule has 1 heterocycles. The van der Waals surface area contributed by atoms with E-state index in [1.54, 1.807) is 0 Å². The highest BCUT2D eigenvalue weighted by Crippen LogP contribution is 2.73. The lowest BCUT2D eigenvalue weighted by atomic mass is 9.35. The highest BCUT2D eigenvalue weighted by atomic mass is 16.4. The Balaban J connectivity index is 1.32. The molecule has 25 heavy (non-hydrogen) atoms. The summed E-state index contributed by atoms with van der Waals surface area (Å²) < 4.78 is 0. The number of hydrogen-bond acceptors (Lipinski definition) is 3. The van der Waals surface area contributed by atoms with Gasteiger partial charge in [-0.1, -0.05) is 31.2 Å². The van der Waals surface area contributed by atoms with Crippen molar-refractivity contribution in [3.05, 3.63) is 35.4 Å². The highest BCUT2D eigenvalue weighted by Gasteiger charge is 2.75. The van der Waals surface area contributed by atoms with E-state index in [2.05, 4.69) is 41.4 Å². The number of aliphatic carboxylic acids is 1. The number of fused-ring (bicyclic) bond motifs is 1. The largest absolute Gasteiger partial charge is 0.481 e. The first kappa shape index (κ1) is 16.6. The number of nitrogens with zero attached hydrogens (tertiary/aromatic N) is 1. The van der Waals surface area contributed by atoms with Crippen LogP contribution in [0.3, 0.4) is 0 Å². The maximum atomic E-state index is 12.5. The number of rotatable bonds is 6. The molecule has 5 nitrogen and oxygen atoms in total. The molecule has 2 bridgehead atoms. The van der Waals surface area contributed by atoms with Crippen molar-refractivity contribution in [3.63, 3.8) is 0 Å². The fourth-order valence-corrected chi connectivity index (χ4v) is 5.01. The van der Waals surface area contributed by atoms with E-state index in [0.29, 0.717) is 31.8 Å². The Hall–Kier alpha value is -1.88. The third kappa shape index (κ3) is 2.56. The van der Waals surface area contributed by atoms with Crippen molar-refractivity contribution >= 4 is 11.9 Å². The molecule has 1 amide bonds. The van der Waals surface area contributed by atoms with Crippen LogP contribution in [0, 0.1) is 10.8 Å². The molecule has 3 fully saturated rings. The van der Waals surface area contributed by atoms with Gasteiger partial charge in [0.25, 0.3) is 0 Å². The third-order valence-electron chi connectivity index (χ3n) is 6.61. The number of amides is 1. The van der Waals surface area contributed by atoms with Crippen molar-refractivity contribution in [3.8, 4) is 0 Å². The van der Waals surface area contributed by atoms with Crippen molar-refractivity contribution in [2.24, 2.45) is 10.8 Å². The zero-order valence-electron chi connectivity index (χ0n) is 14.8. The van der Waals surface area contributed by atoms with Crippen LogP contribution in [0.2, 0.25) is 0 Å². The summed E-state index contributed by atoms with van der Waals surface area (Å²) >= 11 is 0. The van der Waals surface area contributed by atoms with Crippen LogP contribution in [-0.2, 0) is 22.6 Å². The summed E-state index contributed by atoms with van der Waals surface area (Å²) in [5.74, 6) is -0.674. The van der Waals surface area contributed by atoms with Gasteiger partial charge in [0.15, 0.2) is 0 Å². The van der Waals surface area contributed by atoms with Crippen LogP contribution in [-0.4, -0.2) is 41.0 Å². The number of carbonyl (C=O) groups is 2. The molecule has 1 aromatic carbocycles. The fourth-order valence-electron chi connectivity index (χ4n) is 5.01. The van der Waals surface area contributed by atoms with Crippen LogP contribution >= 0.6 is 0 Å². The van der Waals surface area contributed by atoms with Gasteiger partial charge in [0, 0.05) is 25.7 Å². The quantitative estimate of drug-likeness (QED) is 0.831. The number of carboxylic acid groups (broad SMARTS) is 1. The topological polar surface area (TPSA) is 69.6 Å². The molecular formula is C20H26N2O3. The second kappa shape index (κ2) is 5.84. The van der Waals surface area contributed by atoms with Gasteiger partial charge in [0.2, 0.25) is 5.91 Å². The molecule has 0 aromatic heterocycles. The van der Waals surface area contributed by atoms with Crippen molar-refractivity contribution in [1.82, 2.24) is 10.2 Å². The average molecular weight is 342 g/mol. The van der Waals surface area contributed by atoms with Gasteiger partial charge in [-0.3, -0.25) is 14.5 Å². The maximum absolute atomic E-state index is 12.5. The highest BCUT2D eigenvalue weighted by molar-refractivity contribution is 5.93. The average Bonchev–Trinajstić information content (AvgIpc) is 2.52. The summed E-state index contributed by atoms with van der Waals surface area (Å²) in [5.41, 5.74) is 1.86. The molecule has 5 heteroatoms. The minimum atomic E-state index is -0.736. The summed E-state index contributed by atoms with van der Waals surface area (Å²) in [6.07, 6.45) is 3.62.